The van der Waals surface area contributed by atoms with Crippen molar-refractivity contribution in [1.29, 1.82) is 0 Å². The predicted octanol–water partition coefficient (Wildman–Crippen LogP) is 1.64. The molecule has 0 bridgehead atoms. The van der Waals surface area contributed by atoms with Crippen molar-refractivity contribution >= 4 is 23.2 Å². The smallest absolute Gasteiger partial charge is 0.252 e. The zero-order valence-electron chi connectivity index (χ0n) is 12.5. The van der Waals surface area contributed by atoms with Gasteiger partial charge in [-0.05, 0) is 36.1 Å². The molecule has 3 N–H and O–H groups in total. The van der Waals surface area contributed by atoms with Gasteiger partial charge in [0.15, 0.2) is 0 Å². The normalized spacial score (nSPS) is 13.2. The van der Waals surface area contributed by atoms with Gasteiger partial charge in [-0.25, -0.2) is 4.39 Å². The summed E-state index contributed by atoms with van der Waals surface area (Å²) < 4.78 is 12.9. The van der Waals surface area contributed by atoms with Crippen LogP contribution in [0.1, 0.15) is 22.8 Å². The van der Waals surface area contributed by atoms with Crippen molar-refractivity contribution in [3.63, 3.8) is 0 Å². The summed E-state index contributed by atoms with van der Waals surface area (Å²) in [6.45, 7) is 1.28. The van der Waals surface area contributed by atoms with E-state index in [9.17, 15) is 19.1 Å². The number of benzene rings is 1. The number of hydrogen-bond acceptors (Lipinski definition) is 4. The van der Waals surface area contributed by atoms with E-state index in [0.29, 0.717) is 11.1 Å². The van der Waals surface area contributed by atoms with Crippen LogP contribution in [-0.4, -0.2) is 30.0 Å². The fourth-order valence-electron chi connectivity index (χ4n) is 1.90. The average molecular weight is 336 g/mol. The SMILES string of the molecule is CC(O)(CNC(=O)CNC(=O)c1ccsc1)c1ccc(F)cc1. The Morgan fingerprint density at radius 3 is 2.52 bits per heavy atom. The topological polar surface area (TPSA) is 78.4 Å². The molecule has 0 aliphatic carbocycles. The van der Waals surface area contributed by atoms with Crippen molar-refractivity contribution in [2.24, 2.45) is 0 Å². The van der Waals surface area contributed by atoms with Gasteiger partial charge in [-0.2, -0.15) is 11.3 Å². The van der Waals surface area contributed by atoms with Gasteiger partial charge in [0.25, 0.3) is 5.91 Å². The predicted molar refractivity (Wildman–Crippen MR) is 85.6 cm³/mol. The molecular weight excluding hydrogens is 319 g/mol. The van der Waals surface area contributed by atoms with Crippen LogP contribution in [0.5, 0.6) is 0 Å². The molecule has 23 heavy (non-hydrogen) atoms. The van der Waals surface area contributed by atoms with Crippen LogP contribution in [0.3, 0.4) is 0 Å². The number of halogens is 1. The molecule has 0 aliphatic heterocycles. The highest BCUT2D eigenvalue weighted by Crippen LogP contribution is 2.19. The van der Waals surface area contributed by atoms with Crippen molar-refractivity contribution < 1.29 is 19.1 Å². The summed E-state index contributed by atoms with van der Waals surface area (Å²) >= 11 is 1.39. The molecule has 0 saturated carbocycles. The first kappa shape index (κ1) is 17.1. The maximum Gasteiger partial charge on any atom is 0.252 e. The van der Waals surface area contributed by atoms with Crippen molar-refractivity contribution in [2.45, 2.75) is 12.5 Å². The first-order valence-electron chi connectivity index (χ1n) is 6.94. The number of rotatable bonds is 6. The van der Waals surface area contributed by atoms with E-state index in [1.165, 1.54) is 42.5 Å². The van der Waals surface area contributed by atoms with Gasteiger partial charge < -0.3 is 15.7 Å². The molecule has 1 atom stereocenters. The molecule has 0 fully saturated rings. The number of aliphatic hydroxyl groups is 1. The Kier molecular flexibility index (Phi) is 5.46. The number of carbonyl (C=O) groups excluding carboxylic acids is 2. The fraction of sp³-hybridized carbons (Fsp3) is 0.250. The summed E-state index contributed by atoms with van der Waals surface area (Å²) in [5, 5.41) is 18.8. The van der Waals surface area contributed by atoms with E-state index >= 15 is 0 Å². The van der Waals surface area contributed by atoms with Crippen molar-refractivity contribution in [3.8, 4) is 0 Å². The first-order valence-corrected chi connectivity index (χ1v) is 7.88. The second kappa shape index (κ2) is 7.34. The van der Waals surface area contributed by atoms with Crippen LogP contribution < -0.4 is 10.6 Å². The zero-order chi connectivity index (χ0) is 16.9. The Labute approximate surface area is 137 Å². The molecule has 1 aromatic carbocycles. The van der Waals surface area contributed by atoms with E-state index in [0.717, 1.165) is 0 Å². The van der Waals surface area contributed by atoms with Crippen molar-refractivity contribution in [1.82, 2.24) is 10.6 Å². The summed E-state index contributed by atoms with van der Waals surface area (Å²) in [4.78, 5) is 23.5. The maximum atomic E-state index is 12.9. The second-order valence-corrected chi connectivity index (χ2v) is 6.03. The number of hydrogen-bond donors (Lipinski definition) is 3. The molecule has 0 saturated heterocycles. The lowest BCUT2D eigenvalue weighted by Crippen LogP contribution is -2.43. The maximum absolute atomic E-state index is 12.9. The van der Waals surface area contributed by atoms with Crippen molar-refractivity contribution in [3.05, 3.63) is 58.0 Å². The molecule has 2 amide bonds. The molecule has 2 rings (SSSR count). The van der Waals surface area contributed by atoms with Crippen LogP contribution in [-0.2, 0) is 10.4 Å². The molecule has 2 aromatic rings. The second-order valence-electron chi connectivity index (χ2n) is 5.25. The monoisotopic (exact) mass is 336 g/mol. The van der Waals surface area contributed by atoms with Crippen LogP contribution in [0.25, 0.3) is 0 Å². The molecule has 5 nitrogen and oxygen atoms in total. The quantitative estimate of drug-likeness (QED) is 0.750. The molecule has 1 heterocycles. The highest BCUT2D eigenvalue weighted by atomic mass is 32.1. The van der Waals surface area contributed by atoms with E-state index in [2.05, 4.69) is 10.6 Å². The summed E-state index contributed by atoms with van der Waals surface area (Å²) in [5.41, 5.74) is -0.344. The average Bonchev–Trinajstić information content (AvgIpc) is 3.05. The van der Waals surface area contributed by atoms with Crippen LogP contribution in [0.15, 0.2) is 41.1 Å². The molecule has 7 heteroatoms. The molecular formula is C16H17FN2O3S. The lowest BCUT2D eigenvalue weighted by atomic mass is 9.96. The van der Waals surface area contributed by atoms with Crippen molar-refractivity contribution in [2.75, 3.05) is 13.1 Å². The summed E-state index contributed by atoms with van der Waals surface area (Å²) in [6, 6.07) is 7.07. The molecule has 1 unspecified atom stereocenters. The van der Waals surface area contributed by atoms with Gasteiger partial charge in [-0.3, -0.25) is 9.59 Å². The Morgan fingerprint density at radius 1 is 1.22 bits per heavy atom. The summed E-state index contributed by atoms with van der Waals surface area (Å²) in [5.74, 6) is -1.15. The lowest BCUT2D eigenvalue weighted by Gasteiger charge is -2.24. The summed E-state index contributed by atoms with van der Waals surface area (Å²) in [7, 11) is 0. The van der Waals surface area contributed by atoms with E-state index in [-0.39, 0.29) is 19.0 Å². The Balaban J connectivity index is 1.81. The largest absolute Gasteiger partial charge is 0.384 e. The van der Waals surface area contributed by atoms with Gasteiger partial charge in [0.05, 0.1) is 13.1 Å². The third kappa shape index (κ3) is 4.87. The van der Waals surface area contributed by atoms with Crippen LogP contribution >= 0.6 is 11.3 Å². The number of carbonyl (C=O) groups is 2. The van der Waals surface area contributed by atoms with Crippen LogP contribution in [0.2, 0.25) is 0 Å². The fourth-order valence-corrected chi connectivity index (χ4v) is 2.54. The van der Waals surface area contributed by atoms with Crippen LogP contribution in [0, 0.1) is 5.82 Å². The zero-order valence-corrected chi connectivity index (χ0v) is 13.3. The molecule has 0 aliphatic rings. The highest BCUT2D eigenvalue weighted by Gasteiger charge is 2.23. The van der Waals surface area contributed by atoms with E-state index in [1.807, 2.05) is 0 Å². The minimum absolute atomic E-state index is 0.0498. The number of amides is 2. The molecule has 0 spiro atoms. The third-order valence-corrected chi connectivity index (χ3v) is 3.97. The molecule has 0 radical (unpaired) electrons. The van der Waals surface area contributed by atoms with Gasteiger partial charge in [-0.15, -0.1) is 0 Å². The Morgan fingerprint density at radius 2 is 1.91 bits per heavy atom. The van der Waals surface area contributed by atoms with Gasteiger partial charge in [0, 0.05) is 10.9 Å². The van der Waals surface area contributed by atoms with E-state index in [4.69, 9.17) is 0 Å². The lowest BCUT2D eigenvalue weighted by molar-refractivity contribution is -0.121. The summed E-state index contributed by atoms with van der Waals surface area (Å²) in [6.07, 6.45) is 0. The first-order chi connectivity index (χ1) is 10.9. The number of thiophene rings is 1. The van der Waals surface area contributed by atoms with Gasteiger partial charge in [-0.1, -0.05) is 12.1 Å². The minimum Gasteiger partial charge on any atom is -0.384 e. The van der Waals surface area contributed by atoms with Gasteiger partial charge in [0.1, 0.15) is 11.4 Å². The molecule has 1 aromatic heterocycles. The Hall–Kier alpha value is -2.25. The minimum atomic E-state index is -1.33. The van der Waals surface area contributed by atoms with E-state index in [1.54, 1.807) is 16.8 Å². The molecule has 122 valence electrons. The third-order valence-electron chi connectivity index (χ3n) is 3.29. The van der Waals surface area contributed by atoms with Gasteiger partial charge in [0.2, 0.25) is 5.91 Å². The Bertz CT molecular complexity index is 669. The standard InChI is InChI=1S/C16H17FN2O3S/c1-16(22,12-2-4-13(17)5-3-12)10-19-14(20)8-18-15(21)11-6-7-23-9-11/h2-7,9,22H,8,10H2,1H3,(H,18,21)(H,19,20). The highest BCUT2D eigenvalue weighted by molar-refractivity contribution is 7.08. The van der Waals surface area contributed by atoms with Crippen LogP contribution in [0.4, 0.5) is 4.39 Å². The number of nitrogens with one attached hydrogen (secondary N) is 2. The van der Waals surface area contributed by atoms with E-state index < -0.39 is 17.3 Å². The van der Waals surface area contributed by atoms with Gasteiger partial charge >= 0.3 is 0 Å².